The van der Waals surface area contributed by atoms with E-state index in [4.69, 9.17) is 14.9 Å². The van der Waals surface area contributed by atoms with E-state index in [9.17, 15) is 0 Å². The van der Waals surface area contributed by atoms with E-state index < -0.39 is 0 Å². The fourth-order valence-electron chi connectivity index (χ4n) is 2.94. The van der Waals surface area contributed by atoms with Gasteiger partial charge >= 0.3 is 0 Å². The van der Waals surface area contributed by atoms with Crippen molar-refractivity contribution in [2.45, 2.75) is 57.4 Å². The summed E-state index contributed by atoms with van der Waals surface area (Å²) in [6, 6.07) is 6.10. The maximum absolute atomic E-state index is 8.15. The van der Waals surface area contributed by atoms with Crippen molar-refractivity contribution >= 4 is 27.3 Å². The van der Waals surface area contributed by atoms with Gasteiger partial charge in [-0.25, -0.2) is 0 Å². The van der Waals surface area contributed by atoms with E-state index in [1.54, 1.807) is 7.11 Å². The highest BCUT2D eigenvalue weighted by Gasteiger charge is 2.29. The minimum Gasteiger partial charge on any atom is -0.491 e. The van der Waals surface area contributed by atoms with Gasteiger partial charge < -0.3 is 20.2 Å². The molecule has 4 nitrogen and oxygen atoms in total. The SMILES string of the molecule is COCCNc1c(C(C)=N)cccc1C(Br)C(OC(C)(C)C)=C1CCC1. The van der Waals surface area contributed by atoms with Gasteiger partial charge in [0.25, 0.3) is 0 Å². The van der Waals surface area contributed by atoms with Gasteiger partial charge in [-0.2, -0.15) is 0 Å². The third kappa shape index (κ3) is 5.34. The van der Waals surface area contributed by atoms with Crippen LogP contribution < -0.4 is 5.32 Å². The van der Waals surface area contributed by atoms with Gasteiger partial charge in [-0.05, 0) is 58.1 Å². The van der Waals surface area contributed by atoms with Crippen molar-refractivity contribution in [2.75, 3.05) is 25.6 Å². The molecular weight excluding hydrogens is 392 g/mol. The van der Waals surface area contributed by atoms with E-state index in [-0.39, 0.29) is 10.4 Å². The summed E-state index contributed by atoms with van der Waals surface area (Å²) in [6.45, 7) is 9.39. The lowest BCUT2D eigenvalue weighted by Crippen LogP contribution is -2.23. The first-order valence-corrected chi connectivity index (χ1v) is 10.1. The van der Waals surface area contributed by atoms with Crippen LogP contribution >= 0.6 is 15.9 Å². The molecular formula is C21H31BrN2O2. The van der Waals surface area contributed by atoms with Crippen LogP contribution in [0.15, 0.2) is 29.5 Å². The Bertz CT molecular complexity index is 671. The largest absolute Gasteiger partial charge is 0.491 e. The molecule has 5 heteroatoms. The van der Waals surface area contributed by atoms with Crippen LogP contribution in [0.4, 0.5) is 5.69 Å². The van der Waals surface area contributed by atoms with E-state index in [1.807, 2.05) is 19.1 Å². The van der Waals surface area contributed by atoms with Crippen molar-refractivity contribution in [3.05, 3.63) is 40.7 Å². The van der Waals surface area contributed by atoms with Crippen molar-refractivity contribution in [1.29, 1.82) is 5.41 Å². The Labute approximate surface area is 166 Å². The Kier molecular flexibility index (Phi) is 7.30. The van der Waals surface area contributed by atoms with E-state index >= 15 is 0 Å². The number of hydrogen-bond donors (Lipinski definition) is 2. The summed E-state index contributed by atoms with van der Waals surface area (Å²) in [5.74, 6) is 1.03. The van der Waals surface area contributed by atoms with Gasteiger partial charge in [0.2, 0.25) is 0 Å². The average molecular weight is 423 g/mol. The van der Waals surface area contributed by atoms with Crippen LogP contribution in [-0.2, 0) is 9.47 Å². The Morgan fingerprint density at radius 3 is 2.50 bits per heavy atom. The number of ether oxygens (including phenoxy) is 2. The van der Waals surface area contributed by atoms with Crippen LogP contribution in [0.2, 0.25) is 0 Å². The first-order chi connectivity index (χ1) is 12.2. The van der Waals surface area contributed by atoms with Gasteiger partial charge in [0.05, 0.1) is 11.4 Å². The van der Waals surface area contributed by atoms with E-state index in [0.29, 0.717) is 18.9 Å². The molecule has 1 unspecified atom stereocenters. The Hall–Kier alpha value is -1.33. The highest BCUT2D eigenvalue weighted by Crippen LogP contribution is 2.44. The van der Waals surface area contributed by atoms with Crippen LogP contribution in [0.3, 0.4) is 0 Å². The molecule has 0 spiro atoms. The molecule has 1 saturated carbocycles. The van der Waals surface area contributed by atoms with Crippen molar-refractivity contribution in [3.63, 3.8) is 0 Å². The topological polar surface area (TPSA) is 54.3 Å². The van der Waals surface area contributed by atoms with E-state index in [0.717, 1.165) is 35.4 Å². The third-order valence-electron chi connectivity index (χ3n) is 4.33. The normalized spacial score (nSPS) is 15.2. The van der Waals surface area contributed by atoms with Crippen LogP contribution in [0.5, 0.6) is 0 Å². The molecule has 144 valence electrons. The van der Waals surface area contributed by atoms with E-state index in [1.165, 1.54) is 12.0 Å². The molecule has 0 aliphatic heterocycles. The number of rotatable bonds is 8. The first kappa shape index (κ1) is 21.0. The summed E-state index contributed by atoms with van der Waals surface area (Å²) in [7, 11) is 1.69. The maximum Gasteiger partial charge on any atom is 0.114 e. The lowest BCUT2D eigenvalue weighted by Gasteiger charge is -2.32. The highest BCUT2D eigenvalue weighted by atomic mass is 79.9. The summed E-state index contributed by atoms with van der Waals surface area (Å²) < 4.78 is 11.5. The Morgan fingerprint density at radius 1 is 1.31 bits per heavy atom. The van der Waals surface area contributed by atoms with Gasteiger partial charge in [-0.15, -0.1) is 0 Å². The summed E-state index contributed by atoms with van der Waals surface area (Å²) in [6.07, 6.45) is 3.43. The molecule has 1 aliphatic carbocycles. The van der Waals surface area contributed by atoms with Gasteiger partial charge in [-0.1, -0.05) is 34.1 Å². The Balaban J connectivity index is 2.44. The number of alkyl halides is 1. The molecule has 2 rings (SSSR count). The predicted octanol–water partition coefficient (Wildman–Crippen LogP) is 5.82. The first-order valence-electron chi connectivity index (χ1n) is 9.21. The van der Waals surface area contributed by atoms with Crippen molar-refractivity contribution in [1.82, 2.24) is 0 Å². The van der Waals surface area contributed by atoms with Gasteiger partial charge in [-0.3, -0.25) is 0 Å². The monoisotopic (exact) mass is 422 g/mol. The molecule has 0 radical (unpaired) electrons. The predicted molar refractivity (Wildman–Crippen MR) is 113 cm³/mol. The summed E-state index contributed by atoms with van der Waals surface area (Å²) in [5.41, 5.74) is 4.68. The fraction of sp³-hybridized carbons (Fsp3) is 0.571. The number of anilines is 1. The average Bonchev–Trinajstić information content (AvgIpc) is 2.50. The third-order valence-corrected chi connectivity index (χ3v) is 5.24. The second-order valence-corrected chi connectivity index (χ2v) is 8.63. The molecule has 1 aliphatic rings. The number of benzene rings is 1. The molecule has 0 amide bonds. The maximum atomic E-state index is 8.15. The zero-order chi connectivity index (χ0) is 19.3. The van der Waals surface area contributed by atoms with Crippen LogP contribution in [0, 0.1) is 5.41 Å². The highest BCUT2D eigenvalue weighted by molar-refractivity contribution is 9.09. The van der Waals surface area contributed by atoms with Crippen molar-refractivity contribution in [3.8, 4) is 0 Å². The molecule has 0 bridgehead atoms. The number of allylic oxidation sites excluding steroid dienone is 2. The standard InChI is InChI=1S/C21H31BrN2O2/c1-14(23)16-10-7-11-17(19(16)24-12-13-25-5)18(22)20(15-8-6-9-15)26-21(2,3)4/h7,10-11,18,23-24H,6,8-9,12-13H2,1-5H3. The second kappa shape index (κ2) is 9.05. The second-order valence-electron chi connectivity index (χ2n) is 7.71. The molecule has 26 heavy (non-hydrogen) atoms. The zero-order valence-electron chi connectivity index (χ0n) is 16.5. The summed E-state index contributed by atoms with van der Waals surface area (Å²) in [4.78, 5) is -0.0404. The molecule has 2 N–H and O–H groups in total. The molecule has 1 fully saturated rings. The number of para-hydroxylation sites is 1. The van der Waals surface area contributed by atoms with Crippen molar-refractivity contribution in [2.24, 2.45) is 0 Å². The minimum absolute atomic E-state index is 0.0404. The number of nitrogens with one attached hydrogen (secondary N) is 2. The number of methoxy groups -OCH3 is 1. The molecule has 0 heterocycles. The molecule has 1 aromatic rings. The molecule has 1 aromatic carbocycles. The Morgan fingerprint density at radius 2 is 2.00 bits per heavy atom. The molecule has 0 saturated heterocycles. The zero-order valence-corrected chi connectivity index (χ0v) is 18.1. The number of halogens is 1. The van der Waals surface area contributed by atoms with Crippen LogP contribution in [0.1, 0.15) is 62.9 Å². The number of hydrogen-bond acceptors (Lipinski definition) is 4. The lowest BCUT2D eigenvalue weighted by atomic mass is 9.88. The van der Waals surface area contributed by atoms with Crippen molar-refractivity contribution < 1.29 is 9.47 Å². The van der Waals surface area contributed by atoms with Gasteiger partial charge in [0.15, 0.2) is 0 Å². The summed E-state index contributed by atoms with van der Waals surface area (Å²) >= 11 is 3.90. The van der Waals surface area contributed by atoms with Gasteiger partial charge in [0.1, 0.15) is 11.4 Å². The minimum atomic E-state index is -0.247. The van der Waals surface area contributed by atoms with Gasteiger partial charge in [0, 0.05) is 30.6 Å². The quantitative estimate of drug-likeness (QED) is 0.240. The van der Waals surface area contributed by atoms with Crippen LogP contribution in [0.25, 0.3) is 0 Å². The molecule has 1 atom stereocenters. The van der Waals surface area contributed by atoms with Crippen LogP contribution in [-0.4, -0.2) is 31.6 Å². The lowest BCUT2D eigenvalue weighted by molar-refractivity contribution is 0.0445. The molecule has 0 aromatic heterocycles. The summed E-state index contributed by atoms with van der Waals surface area (Å²) in [5, 5.41) is 11.6. The fourth-order valence-corrected chi connectivity index (χ4v) is 3.74. The van der Waals surface area contributed by atoms with E-state index in [2.05, 4.69) is 48.1 Å². The smallest absolute Gasteiger partial charge is 0.114 e.